The summed E-state index contributed by atoms with van der Waals surface area (Å²) in [5.41, 5.74) is 0.624. The van der Waals surface area contributed by atoms with Crippen molar-refractivity contribution in [2.75, 3.05) is 20.2 Å². The molecule has 0 aliphatic rings. The van der Waals surface area contributed by atoms with Crippen molar-refractivity contribution in [3.05, 3.63) is 39.8 Å². The van der Waals surface area contributed by atoms with Gasteiger partial charge in [-0.2, -0.15) is 0 Å². The molecule has 2 rings (SSSR count). The molecule has 11 nitrogen and oxygen atoms in total. The third-order valence-corrected chi connectivity index (χ3v) is 4.37. The van der Waals surface area contributed by atoms with Gasteiger partial charge in [-0.05, 0) is 33.0 Å². The lowest BCUT2D eigenvalue weighted by molar-refractivity contribution is -0.113. The average molecular weight is 427 g/mol. The third-order valence-electron chi connectivity index (χ3n) is 4.37. The number of aromatic nitrogens is 2. The molecule has 168 valence electrons. The summed E-state index contributed by atoms with van der Waals surface area (Å²) in [5, 5.41) is 56.8. The first-order valence-electron chi connectivity index (χ1n) is 9.30. The van der Waals surface area contributed by atoms with Crippen LogP contribution in [0.25, 0.3) is 11.0 Å². The molecule has 0 unspecified atom stereocenters. The topological polar surface area (TPSA) is 185 Å². The van der Waals surface area contributed by atoms with Gasteiger partial charge in [0, 0.05) is 25.0 Å². The minimum absolute atomic E-state index is 0.0936. The number of likely N-dealkylation sites (N-methyl/N-ethyl adjacent to an activating group) is 1. The number of carboxylic acid groups (broad SMARTS) is 1. The van der Waals surface area contributed by atoms with E-state index in [2.05, 4.69) is 10.3 Å². The van der Waals surface area contributed by atoms with Crippen molar-refractivity contribution in [3.8, 4) is 0 Å². The van der Waals surface area contributed by atoms with E-state index in [1.807, 2.05) is 13.8 Å². The molecule has 0 fully saturated rings. The molecule has 0 aliphatic heterocycles. The Morgan fingerprint density at radius 2 is 1.77 bits per heavy atom. The van der Waals surface area contributed by atoms with E-state index in [-0.39, 0.29) is 12.1 Å². The van der Waals surface area contributed by atoms with Crippen LogP contribution in [0.1, 0.15) is 23.0 Å². The quantitative estimate of drug-likeness (QED) is 0.250. The number of fused-ring (bicyclic) bond motifs is 1. The molecular weight excluding hydrogens is 398 g/mol. The van der Waals surface area contributed by atoms with Crippen LogP contribution in [0.15, 0.2) is 23.1 Å². The molecule has 0 saturated heterocycles. The number of aromatic carboxylic acids is 1. The Morgan fingerprint density at radius 3 is 2.27 bits per heavy atom. The molecule has 0 spiro atoms. The van der Waals surface area contributed by atoms with Crippen LogP contribution < -0.4 is 10.7 Å². The molecule has 2 heterocycles. The molecule has 0 saturated carbocycles. The van der Waals surface area contributed by atoms with E-state index in [4.69, 9.17) is 25.5 Å². The molecule has 0 amide bonds. The summed E-state index contributed by atoms with van der Waals surface area (Å²) in [5.74, 6) is -1.21. The molecule has 7 N–H and O–H groups in total. The number of aryl methyl sites for hydroxylation is 2. The average Bonchev–Trinajstić information content (AvgIpc) is 2.72. The molecule has 0 aliphatic carbocycles. The number of nitrogens with one attached hydrogen (secondary N) is 1. The van der Waals surface area contributed by atoms with Crippen LogP contribution in [0.5, 0.6) is 0 Å². The molecule has 0 radical (unpaired) electrons. The van der Waals surface area contributed by atoms with E-state index >= 15 is 0 Å². The van der Waals surface area contributed by atoms with E-state index in [1.165, 1.54) is 6.20 Å². The van der Waals surface area contributed by atoms with E-state index in [0.717, 1.165) is 5.69 Å². The van der Waals surface area contributed by atoms with Crippen LogP contribution in [0.3, 0.4) is 0 Å². The Balaban J connectivity index is 0.000000314. The second kappa shape index (κ2) is 11.7. The van der Waals surface area contributed by atoms with Gasteiger partial charge in [-0.3, -0.25) is 4.79 Å². The number of nitrogens with zero attached hydrogens (tertiary/aromatic N) is 2. The van der Waals surface area contributed by atoms with Crippen LogP contribution in [0.2, 0.25) is 0 Å². The van der Waals surface area contributed by atoms with Gasteiger partial charge >= 0.3 is 5.97 Å². The van der Waals surface area contributed by atoms with Crippen LogP contribution in [-0.4, -0.2) is 90.8 Å². The molecule has 0 aromatic carbocycles. The Labute approximate surface area is 172 Å². The number of carboxylic acids is 1. The van der Waals surface area contributed by atoms with Gasteiger partial charge in [0.05, 0.1) is 18.1 Å². The summed E-state index contributed by atoms with van der Waals surface area (Å²) in [7, 11) is 1.57. The van der Waals surface area contributed by atoms with E-state index in [0.29, 0.717) is 17.6 Å². The van der Waals surface area contributed by atoms with Gasteiger partial charge in [0.15, 0.2) is 0 Å². The van der Waals surface area contributed by atoms with Crippen molar-refractivity contribution < 1.29 is 35.4 Å². The smallest absolute Gasteiger partial charge is 0.341 e. The van der Waals surface area contributed by atoms with Gasteiger partial charge in [0.25, 0.3) is 0 Å². The third kappa shape index (κ3) is 6.29. The SMILES string of the molecule is CCn1cc(C(=O)O)c(=O)c2ccc(C)nc21.CNC[C@H](O)[C@@H](O)[C@H](O)[C@H](O)CO. The predicted octanol–water partition coefficient (Wildman–Crippen LogP) is -1.94. The first-order valence-corrected chi connectivity index (χ1v) is 9.30. The van der Waals surface area contributed by atoms with Crippen LogP contribution in [0, 0.1) is 6.92 Å². The van der Waals surface area contributed by atoms with Crippen molar-refractivity contribution in [2.24, 2.45) is 0 Å². The first-order chi connectivity index (χ1) is 14.1. The molecule has 4 atom stereocenters. The standard InChI is InChI=1S/C12H12N2O3.C7H17NO5/c1-3-14-6-9(12(16)17)10(15)8-5-4-7(2)13-11(8)14;1-8-2-4(10)6(12)7(13)5(11)3-9/h4-6H,3H2,1-2H3,(H,16,17);4-13H,2-3H2,1H3/t;4-,5+,6+,7+/m.0/s1. The normalized spacial score (nSPS) is 15.1. The highest BCUT2D eigenvalue weighted by Crippen LogP contribution is 2.10. The van der Waals surface area contributed by atoms with E-state index in [9.17, 15) is 14.7 Å². The lowest BCUT2D eigenvalue weighted by atomic mass is 10.0. The first kappa shape index (κ1) is 25.6. The Morgan fingerprint density at radius 1 is 1.17 bits per heavy atom. The van der Waals surface area contributed by atoms with Crippen molar-refractivity contribution in [1.82, 2.24) is 14.9 Å². The largest absolute Gasteiger partial charge is 0.477 e. The highest BCUT2D eigenvalue weighted by atomic mass is 16.4. The van der Waals surface area contributed by atoms with E-state index in [1.54, 1.807) is 23.7 Å². The van der Waals surface area contributed by atoms with Gasteiger partial charge in [-0.1, -0.05) is 0 Å². The number of carbonyl (C=O) groups is 1. The second-order valence-electron chi connectivity index (χ2n) is 6.64. The van der Waals surface area contributed by atoms with E-state index < -0.39 is 42.4 Å². The maximum atomic E-state index is 11.9. The fraction of sp³-hybridized carbons (Fsp3) is 0.526. The number of hydrogen-bond acceptors (Lipinski definition) is 9. The number of hydrogen-bond donors (Lipinski definition) is 7. The molecule has 2 aromatic heterocycles. The lowest BCUT2D eigenvalue weighted by Gasteiger charge is -2.25. The molecule has 2 aromatic rings. The van der Waals surface area contributed by atoms with Crippen LogP contribution in [0.4, 0.5) is 0 Å². The number of pyridine rings is 2. The van der Waals surface area contributed by atoms with Crippen LogP contribution >= 0.6 is 0 Å². The monoisotopic (exact) mass is 427 g/mol. The van der Waals surface area contributed by atoms with Crippen molar-refractivity contribution in [1.29, 1.82) is 0 Å². The Hall–Kier alpha value is -2.41. The van der Waals surface area contributed by atoms with Gasteiger partial charge in [0.1, 0.15) is 29.5 Å². The van der Waals surface area contributed by atoms with Gasteiger partial charge < -0.3 is 40.5 Å². The zero-order valence-electron chi connectivity index (χ0n) is 17.1. The summed E-state index contributed by atoms with van der Waals surface area (Å²) >= 11 is 0. The highest BCUT2D eigenvalue weighted by Gasteiger charge is 2.29. The summed E-state index contributed by atoms with van der Waals surface area (Å²) in [6.07, 6.45) is -4.30. The van der Waals surface area contributed by atoms with Crippen molar-refractivity contribution >= 4 is 17.0 Å². The summed E-state index contributed by atoms with van der Waals surface area (Å²) in [6.45, 7) is 3.70. The number of aliphatic hydroxyl groups is 5. The predicted molar refractivity (Wildman–Crippen MR) is 108 cm³/mol. The minimum Gasteiger partial charge on any atom is -0.477 e. The van der Waals surface area contributed by atoms with Crippen molar-refractivity contribution in [2.45, 2.75) is 44.8 Å². The zero-order valence-corrected chi connectivity index (χ0v) is 17.1. The Bertz CT molecular complexity index is 901. The summed E-state index contributed by atoms with van der Waals surface area (Å²) in [6, 6.07) is 3.33. The molecule has 0 bridgehead atoms. The maximum absolute atomic E-state index is 11.9. The summed E-state index contributed by atoms with van der Waals surface area (Å²) in [4.78, 5) is 27.2. The lowest BCUT2D eigenvalue weighted by Crippen LogP contribution is -2.48. The van der Waals surface area contributed by atoms with Gasteiger partial charge in [-0.15, -0.1) is 0 Å². The molecule has 11 heteroatoms. The van der Waals surface area contributed by atoms with Gasteiger partial charge in [-0.25, -0.2) is 9.78 Å². The fourth-order valence-electron chi connectivity index (χ4n) is 2.65. The maximum Gasteiger partial charge on any atom is 0.341 e. The Kier molecular flexibility index (Phi) is 9.99. The molecular formula is C19H29N3O8. The number of aliphatic hydroxyl groups excluding tert-OH is 5. The zero-order chi connectivity index (χ0) is 23.0. The number of rotatable bonds is 8. The summed E-state index contributed by atoms with van der Waals surface area (Å²) < 4.78 is 1.67. The fourth-order valence-corrected chi connectivity index (χ4v) is 2.65. The minimum atomic E-state index is -1.55. The van der Waals surface area contributed by atoms with Crippen molar-refractivity contribution in [3.63, 3.8) is 0 Å². The van der Waals surface area contributed by atoms with Crippen LogP contribution in [-0.2, 0) is 6.54 Å². The van der Waals surface area contributed by atoms with Gasteiger partial charge in [0.2, 0.25) is 5.43 Å². The second-order valence-corrected chi connectivity index (χ2v) is 6.64. The highest BCUT2D eigenvalue weighted by molar-refractivity contribution is 5.91. The molecule has 30 heavy (non-hydrogen) atoms.